The van der Waals surface area contributed by atoms with Gasteiger partial charge in [0.15, 0.2) is 0 Å². The summed E-state index contributed by atoms with van der Waals surface area (Å²) in [7, 11) is 0. The number of hydrogen-bond donors (Lipinski definition) is 1. The summed E-state index contributed by atoms with van der Waals surface area (Å²) in [5.41, 5.74) is 2.56. The van der Waals surface area contributed by atoms with Gasteiger partial charge in [-0.3, -0.25) is 10.1 Å². The van der Waals surface area contributed by atoms with Gasteiger partial charge in [0.1, 0.15) is 5.82 Å². The van der Waals surface area contributed by atoms with E-state index >= 15 is 0 Å². The SMILES string of the molecule is Cc1cc(Br)c(F)cc1NCc1ccc([N+](=O)[O-])cc1. The molecule has 0 aliphatic carbocycles. The smallest absolute Gasteiger partial charge is 0.269 e. The van der Waals surface area contributed by atoms with Crippen molar-refractivity contribution in [2.24, 2.45) is 0 Å². The van der Waals surface area contributed by atoms with E-state index in [-0.39, 0.29) is 11.5 Å². The Morgan fingerprint density at radius 2 is 1.95 bits per heavy atom. The second kappa shape index (κ2) is 6.00. The summed E-state index contributed by atoms with van der Waals surface area (Å²) >= 11 is 3.13. The third kappa shape index (κ3) is 3.33. The molecule has 20 heavy (non-hydrogen) atoms. The molecule has 0 heterocycles. The van der Waals surface area contributed by atoms with E-state index in [9.17, 15) is 14.5 Å². The van der Waals surface area contributed by atoms with Crippen LogP contribution in [0.5, 0.6) is 0 Å². The summed E-state index contributed by atoms with van der Waals surface area (Å²) in [4.78, 5) is 10.1. The van der Waals surface area contributed by atoms with Crippen molar-refractivity contribution in [2.75, 3.05) is 5.32 Å². The highest BCUT2D eigenvalue weighted by molar-refractivity contribution is 9.10. The number of hydrogen-bond acceptors (Lipinski definition) is 3. The quantitative estimate of drug-likeness (QED) is 0.663. The van der Waals surface area contributed by atoms with E-state index in [0.717, 1.165) is 11.1 Å². The van der Waals surface area contributed by atoms with E-state index < -0.39 is 4.92 Å². The van der Waals surface area contributed by atoms with E-state index in [2.05, 4.69) is 21.2 Å². The van der Waals surface area contributed by atoms with Crippen LogP contribution in [0.4, 0.5) is 15.8 Å². The van der Waals surface area contributed by atoms with E-state index in [1.165, 1.54) is 18.2 Å². The summed E-state index contributed by atoms with van der Waals surface area (Å²) in [6.45, 7) is 2.35. The van der Waals surface area contributed by atoms with Gasteiger partial charge in [0.2, 0.25) is 0 Å². The van der Waals surface area contributed by atoms with Gasteiger partial charge in [-0.15, -0.1) is 0 Å². The van der Waals surface area contributed by atoms with Crippen LogP contribution in [0.25, 0.3) is 0 Å². The van der Waals surface area contributed by atoms with E-state index in [1.807, 2.05) is 6.92 Å². The topological polar surface area (TPSA) is 55.2 Å². The van der Waals surface area contributed by atoms with Crippen molar-refractivity contribution < 1.29 is 9.31 Å². The first kappa shape index (κ1) is 14.5. The number of rotatable bonds is 4. The van der Waals surface area contributed by atoms with E-state index in [0.29, 0.717) is 16.7 Å². The molecule has 0 unspecified atom stereocenters. The largest absolute Gasteiger partial charge is 0.381 e. The highest BCUT2D eigenvalue weighted by atomic mass is 79.9. The molecule has 2 aromatic rings. The van der Waals surface area contributed by atoms with Crippen molar-refractivity contribution in [3.05, 3.63) is 67.9 Å². The van der Waals surface area contributed by atoms with Crippen molar-refractivity contribution in [3.8, 4) is 0 Å². The molecular formula is C14H12BrFN2O2. The Bertz CT molecular complexity index is 644. The number of nitrogens with zero attached hydrogens (tertiary/aromatic N) is 1. The highest BCUT2D eigenvalue weighted by Gasteiger charge is 2.06. The van der Waals surface area contributed by atoms with Gasteiger partial charge >= 0.3 is 0 Å². The molecule has 2 rings (SSSR count). The molecule has 0 atom stereocenters. The molecule has 6 heteroatoms. The average molecular weight is 339 g/mol. The van der Waals surface area contributed by atoms with Crippen LogP contribution in [-0.2, 0) is 6.54 Å². The number of halogens is 2. The number of nitrogens with one attached hydrogen (secondary N) is 1. The fraction of sp³-hybridized carbons (Fsp3) is 0.143. The number of non-ortho nitro benzene ring substituents is 1. The number of anilines is 1. The van der Waals surface area contributed by atoms with Gasteiger partial charge in [0.05, 0.1) is 9.40 Å². The zero-order valence-electron chi connectivity index (χ0n) is 10.7. The third-order valence-electron chi connectivity index (χ3n) is 2.90. The molecule has 0 aliphatic heterocycles. The standard InChI is InChI=1S/C14H12BrFN2O2/c1-9-6-12(15)13(16)7-14(9)17-8-10-2-4-11(5-3-10)18(19)20/h2-7,17H,8H2,1H3. The number of nitro groups is 1. The van der Waals surface area contributed by atoms with Crippen molar-refractivity contribution in [2.45, 2.75) is 13.5 Å². The van der Waals surface area contributed by atoms with Crippen molar-refractivity contribution in [1.29, 1.82) is 0 Å². The van der Waals surface area contributed by atoms with Crippen LogP contribution in [0.2, 0.25) is 0 Å². The predicted octanol–water partition coefficient (Wildman–Crippen LogP) is 4.42. The first-order valence-corrected chi connectivity index (χ1v) is 6.69. The van der Waals surface area contributed by atoms with Gasteiger partial charge < -0.3 is 5.32 Å². The molecule has 0 saturated carbocycles. The summed E-state index contributed by atoms with van der Waals surface area (Å²) in [6, 6.07) is 9.38. The van der Waals surface area contributed by atoms with Crippen LogP contribution in [0, 0.1) is 22.9 Å². The van der Waals surface area contributed by atoms with Crippen LogP contribution in [0.15, 0.2) is 40.9 Å². The second-order valence-corrected chi connectivity index (χ2v) is 5.21. The molecule has 0 bridgehead atoms. The molecule has 0 radical (unpaired) electrons. The van der Waals surface area contributed by atoms with Crippen molar-refractivity contribution in [3.63, 3.8) is 0 Å². The van der Waals surface area contributed by atoms with Crippen molar-refractivity contribution >= 4 is 27.3 Å². The van der Waals surface area contributed by atoms with E-state index in [4.69, 9.17) is 0 Å². The first-order valence-electron chi connectivity index (χ1n) is 5.90. The van der Waals surface area contributed by atoms with Gasteiger partial charge in [0.25, 0.3) is 5.69 Å². The number of aryl methyl sites for hydroxylation is 1. The maximum atomic E-state index is 13.5. The van der Waals surface area contributed by atoms with Crippen LogP contribution < -0.4 is 5.32 Å². The number of benzene rings is 2. The van der Waals surface area contributed by atoms with Crippen LogP contribution >= 0.6 is 15.9 Å². The molecule has 0 fully saturated rings. The normalized spacial score (nSPS) is 10.3. The molecule has 0 saturated heterocycles. The fourth-order valence-electron chi connectivity index (χ4n) is 1.77. The average Bonchev–Trinajstić information content (AvgIpc) is 2.42. The van der Waals surface area contributed by atoms with E-state index in [1.54, 1.807) is 18.2 Å². The van der Waals surface area contributed by atoms with Gasteiger partial charge in [0, 0.05) is 24.4 Å². The zero-order valence-corrected chi connectivity index (χ0v) is 12.3. The van der Waals surface area contributed by atoms with Crippen LogP contribution in [0.3, 0.4) is 0 Å². The lowest BCUT2D eigenvalue weighted by Crippen LogP contribution is -2.02. The fourth-order valence-corrected chi connectivity index (χ4v) is 2.23. The highest BCUT2D eigenvalue weighted by Crippen LogP contribution is 2.24. The zero-order chi connectivity index (χ0) is 14.7. The Balaban J connectivity index is 2.09. The minimum Gasteiger partial charge on any atom is -0.381 e. The van der Waals surface area contributed by atoms with Crippen LogP contribution in [-0.4, -0.2) is 4.92 Å². The maximum absolute atomic E-state index is 13.5. The minimum atomic E-state index is -0.439. The van der Waals surface area contributed by atoms with Gasteiger partial charge in [-0.2, -0.15) is 0 Å². The third-order valence-corrected chi connectivity index (χ3v) is 3.51. The summed E-state index contributed by atoms with van der Waals surface area (Å²) in [5.74, 6) is -0.332. The Labute approximate surface area is 123 Å². The Morgan fingerprint density at radius 1 is 1.30 bits per heavy atom. The molecule has 0 aromatic heterocycles. The lowest BCUT2D eigenvalue weighted by molar-refractivity contribution is -0.384. The Morgan fingerprint density at radius 3 is 2.55 bits per heavy atom. The number of nitro benzene ring substituents is 1. The molecule has 0 spiro atoms. The molecular weight excluding hydrogens is 327 g/mol. The molecule has 104 valence electrons. The lowest BCUT2D eigenvalue weighted by Gasteiger charge is -2.10. The summed E-state index contributed by atoms with van der Waals surface area (Å²) in [5, 5.41) is 13.7. The Kier molecular flexibility index (Phi) is 4.34. The van der Waals surface area contributed by atoms with Gasteiger partial charge in [-0.05, 0) is 46.1 Å². The molecule has 0 aliphatic rings. The molecule has 0 amide bonds. The van der Waals surface area contributed by atoms with Crippen LogP contribution in [0.1, 0.15) is 11.1 Å². The summed E-state index contributed by atoms with van der Waals surface area (Å²) < 4.78 is 13.9. The molecule has 4 nitrogen and oxygen atoms in total. The maximum Gasteiger partial charge on any atom is 0.269 e. The second-order valence-electron chi connectivity index (χ2n) is 4.36. The summed E-state index contributed by atoms with van der Waals surface area (Å²) in [6.07, 6.45) is 0. The lowest BCUT2D eigenvalue weighted by atomic mass is 10.1. The van der Waals surface area contributed by atoms with Crippen molar-refractivity contribution in [1.82, 2.24) is 0 Å². The molecule has 2 aromatic carbocycles. The van der Waals surface area contributed by atoms with Gasteiger partial charge in [-0.1, -0.05) is 12.1 Å². The minimum absolute atomic E-state index is 0.0552. The monoisotopic (exact) mass is 338 g/mol. The first-order chi connectivity index (χ1) is 9.47. The van der Waals surface area contributed by atoms with Gasteiger partial charge in [-0.25, -0.2) is 4.39 Å². The Hall–Kier alpha value is -1.95. The molecule has 1 N–H and O–H groups in total. The predicted molar refractivity (Wildman–Crippen MR) is 79.3 cm³/mol.